The van der Waals surface area contributed by atoms with Gasteiger partial charge in [0.25, 0.3) is 0 Å². The molecule has 0 unspecified atom stereocenters. The molecule has 0 bridgehead atoms. The molecule has 0 aliphatic rings. The van der Waals surface area contributed by atoms with Crippen molar-refractivity contribution < 1.29 is 4.79 Å². The Kier molecular flexibility index (Phi) is 5.82. The molecule has 2 nitrogen and oxygen atoms in total. The molecule has 2 aromatic rings. The summed E-state index contributed by atoms with van der Waals surface area (Å²) in [7, 11) is 0. The van der Waals surface area contributed by atoms with Gasteiger partial charge in [-0.25, -0.2) is 0 Å². The minimum Gasteiger partial charge on any atom is -0.324 e. The number of amides is 1. The van der Waals surface area contributed by atoms with Crippen LogP contribution >= 0.6 is 46.6 Å². The summed E-state index contributed by atoms with van der Waals surface area (Å²) in [5.41, 5.74) is 0.512. The van der Waals surface area contributed by atoms with Crippen molar-refractivity contribution in [1.82, 2.24) is 0 Å². The lowest BCUT2D eigenvalue weighted by molar-refractivity contribution is -0.115. The third-order valence-corrected chi connectivity index (χ3v) is 4.89. The zero-order valence-electron chi connectivity index (χ0n) is 11.1. The molecule has 1 amide bonds. The lowest BCUT2D eigenvalue weighted by Gasteiger charge is -2.13. The number of nitrogens with one attached hydrogen (secondary N) is 1. The van der Waals surface area contributed by atoms with Gasteiger partial charge in [-0.1, -0.05) is 40.9 Å². The number of hydrogen-bond donors (Lipinski definition) is 1. The first-order valence-electron chi connectivity index (χ1n) is 6.14. The largest absolute Gasteiger partial charge is 0.324 e. The molecule has 21 heavy (non-hydrogen) atoms. The predicted molar refractivity (Wildman–Crippen MR) is 91.9 cm³/mol. The number of benzene rings is 2. The molecule has 1 N–H and O–H groups in total. The van der Waals surface area contributed by atoms with E-state index in [1.807, 2.05) is 19.1 Å². The molecule has 0 saturated heterocycles. The van der Waals surface area contributed by atoms with E-state index in [-0.39, 0.29) is 11.2 Å². The maximum absolute atomic E-state index is 12.2. The van der Waals surface area contributed by atoms with Gasteiger partial charge in [0.05, 0.1) is 21.0 Å². The minimum atomic E-state index is -0.277. The van der Waals surface area contributed by atoms with Gasteiger partial charge in [-0.05, 0) is 43.3 Å². The van der Waals surface area contributed by atoms with Gasteiger partial charge in [-0.15, -0.1) is 11.8 Å². The molecular formula is C15H12Cl3NOS. The summed E-state index contributed by atoms with van der Waals surface area (Å²) in [4.78, 5) is 13.2. The third kappa shape index (κ3) is 4.55. The van der Waals surface area contributed by atoms with E-state index in [0.717, 1.165) is 4.90 Å². The molecule has 0 saturated carbocycles. The summed E-state index contributed by atoms with van der Waals surface area (Å²) < 4.78 is 0. The number of carbonyl (C=O) groups is 1. The van der Waals surface area contributed by atoms with Gasteiger partial charge in [0.1, 0.15) is 0 Å². The standard InChI is InChI=1S/C15H12Cl3NOS/c1-9(21-11-7-5-10(16)6-8-11)15(20)19-13-4-2-3-12(17)14(13)18/h2-9H,1H3,(H,19,20)/t9-/m0/s1. The van der Waals surface area contributed by atoms with E-state index >= 15 is 0 Å². The van der Waals surface area contributed by atoms with E-state index in [1.165, 1.54) is 11.8 Å². The third-order valence-electron chi connectivity index (χ3n) is 2.71. The first-order valence-corrected chi connectivity index (χ1v) is 8.16. The Bertz CT molecular complexity index is 646. The molecule has 0 aliphatic heterocycles. The Morgan fingerprint density at radius 2 is 1.76 bits per heavy atom. The molecule has 0 fully saturated rings. The molecule has 0 aliphatic carbocycles. The van der Waals surface area contributed by atoms with Gasteiger partial charge >= 0.3 is 0 Å². The van der Waals surface area contributed by atoms with Crippen LogP contribution in [0.1, 0.15) is 6.92 Å². The second kappa shape index (κ2) is 7.41. The molecule has 2 rings (SSSR count). The van der Waals surface area contributed by atoms with Crippen LogP contribution in [0.25, 0.3) is 0 Å². The normalized spacial score (nSPS) is 12.0. The second-order valence-electron chi connectivity index (χ2n) is 4.30. The highest BCUT2D eigenvalue weighted by atomic mass is 35.5. The van der Waals surface area contributed by atoms with Crippen LogP contribution in [0, 0.1) is 0 Å². The Balaban J connectivity index is 2.02. The number of halogens is 3. The highest BCUT2D eigenvalue weighted by Crippen LogP contribution is 2.31. The van der Waals surface area contributed by atoms with Gasteiger partial charge in [-0.2, -0.15) is 0 Å². The Labute approximate surface area is 142 Å². The highest BCUT2D eigenvalue weighted by Gasteiger charge is 2.16. The topological polar surface area (TPSA) is 29.1 Å². The minimum absolute atomic E-state index is 0.140. The molecular weight excluding hydrogens is 349 g/mol. The molecule has 0 spiro atoms. The Morgan fingerprint density at radius 1 is 1.10 bits per heavy atom. The van der Waals surface area contributed by atoms with E-state index in [0.29, 0.717) is 20.8 Å². The average Bonchev–Trinajstić information content (AvgIpc) is 2.46. The van der Waals surface area contributed by atoms with E-state index in [9.17, 15) is 4.79 Å². The first kappa shape index (κ1) is 16.5. The second-order valence-corrected chi connectivity index (χ2v) is 6.94. The quantitative estimate of drug-likeness (QED) is 0.702. The smallest absolute Gasteiger partial charge is 0.237 e. The van der Waals surface area contributed by atoms with Crippen LogP contribution in [0.2, 0.25) is 15.1 Å². The van der Waals surface area contributed by atoms with E-state index < -0.39 is 0 Å². The van der Waals surface area contributed by atoms with Crippen LogP contribution in [0.3, 0.4) is 0 Å². The highest BCUT2D eigenvalue weighted by molar-refractivity contribution is 8.00. The maximum Gasteiger partial charge on any atom is 0.237 e. The molecule has 0 heterocycles. The Hall–Kier alpha value is -0.870. The van der Waals surface area contributed by atoms with Gasteiger partial charge in [0.15, 0.2) is 0 Å². The lowest BCUT2D eigenvalue weighted by Crippen LogP contribution is -2.22. The van der Waals surface area contributed by atoms with Crippen molar-refractivity contribution in [3.05, 3.63) is 57.5 Å². The molecule has 0 radical (unpaired) electrons. The van der Waals surface area contributed by atoms with Crippen molar-refractivity contribution in [2.75, 3.05) is 5.32 Å². The fourth-order valence-electron chi connectivity index (χ4n) is 1.61. The summed E-state index contributed by atoms with van der Waals surface area (Å²) in [5.74, 6) is -0.140. The zero-order valence-corrected chi connectivity index (χ0v) is 14.2. The molecule has 2 aromatic carbocycles. The summed E-state index contributed by atoms with van der Waals surface area (Å²) in [5, 5.41) is 3.93. The zero-order chi connectivity index (χ0) is 15.4. The van der Waals surface area contributed by atoms with Crippen molar-refractivity contribution in [3.63, 3.8) is 0 Å². The SMILES string of the molecule is C[C@H](Sc1ccc(Cl)cc1)C(=O)Nc1cccc(Cl)c1Cl. The Morgan fingerprint density at radius 3 is 2.43 bits per heavy atom. The fourth-order valence-corrected chi connectivity index (χ4v) is 2.95. The summed E-state index contributed by atoms with van der Waals surface area (Å²) in [6.45, 7) is 1.83. The van der Waals surface area contributed by atoms with Crippen molar-refractivity contribution in [3.8, 4) is 0 Å². The maximum atomic E-state index is 12.2. The van der Waals surface area contributed by atoms with Gasteiger partial charge in [-0.3, -0.25) is 4.79 Å². The number of thioether (sulfide) groups is 1. The van der Waals surface area contributed by atoms with Crippen molar-refractivity contribution in [2.24, 2.45) is 0 Å². The number of hydrogen-bond acceptors (Lipinski definition) is 2. The summed E-state index contributed by atoms with van der Waals surface area (Å²) in [6, 6.07) is 12.5. The summed E-state index contributed by atoms with van der Waals surface area (Å²) in [6.07, 6.45) is 0. The lowest BCUT2D eigenvalue weighted by atomic mass is 10.3. The van der Waals surface area contributed by atoms with E-state index in [4.69, 9.17) is 34.8 Å². The van der Waals surface area contributed by atoms with Crippen LogP contribution in [0.5, 0.6) is 0 Å². The van der Waals surface area contributed by atoms with Crippen LogP contribution in [-0.2, 0) is 4.79 Å². The molecule has 0 aromatic heterocycles. The van der Waals surface area contributed by atoms with Gasteiger partial charge < -0.3 is 5.32 Å². The van der Waals surface area contributed by atoms with E-state index in [1.54, 1.807) is 30.3 Å². The van der Waals surface area contributed by atoms with Crippen molar-refractivity contribution in [2.45, 2.75) is 17.1 Å². The van der Waals surface area contributed by atoms with Gasteiger partial charge in [0.2, 0.25) is 5.91 Å². The molecule has 1 atom stereocenters. The van der Waals surface area contributed by atoms with Gasteiger partial charge in [0, 0.05) is 9.92 Å². The number of rotatable bonds is 4. The predicted octanol–water partition coefficient (Wildman–Crippen LogP) is 5.77. The fraction of sp³-hybridized carbons (Fsp3) is 0.133. The molecule has 6 heteroatoms. The number of carbonyl (C=O) groups excluding carboxylic acids is 1. The summed E-state index contributed by atoms with van der Waals surface area (Å²) >= 11 is 19.2. The average molecular weight is 361 g/mol. The molecule has 110 valence electrons. The van der Waals surface area contributed by atoms with Crippen molar-refractivity contribution >= 4 is 58.2 Å². The van der Waals surface area contributed by atoms with Crippen LogP contribution in [-0.4, -0.2) is 11.2 Å². The van der Waals surface area contributed by atoms with Crippen LogP contribution in [0.15, 0.2) is 47.4 Å². The first-order chi connectivity index (χ1) is 9.97. The van der Waals surface area contributed by atoms with E-state index in [2.05, 4.69) is 5.32 Å². The number of anilines is 1. The monoisotopic (exact) mass is 359 g/mol. The van der Waals surface area contributed by atoms with Crippen molar-refractivity contribution in [1.29, 1.82) is 0 Å². The van der Waals surface area contributed by atoms with Crippen LogP contribution < -0.4 is 5.32 Å². The van der Waals surface area contributed by atoms with Crippen LogP contribution in [0.4, 0.5) is 5.69 Å².